The molecule has 0 aliphatic rings. The van der Waals surface area contributed by atoms with Crippen molar-refractivity contribution in [2.24, 2.45) is 5.41 Å². The largest absolute Gasteiger partial charge is 0.225 e. The summed E-state index contributed by atoms with van der Waals surface area (Å²) >= 11 is 0. The zero-order valence-electron chi connectivity index (χ0n) is 7.53. The maximum Gasteiger partial charge on any atom is 0.225 e. The van der Waals surface area contributed by atoms with Crippen molar-refractivity contribution in [3.05, 3.63) is 0 Å². The Morgan fingerprint density at radius 2 is 1.92 bits per heavy atom. The summed E-state index contributed by atoms with van der Waals surface area (Å²) in [4.78, 5) is 0. The Kier molecular flexibility index (Phi) is 3.86. The van der Waals surface area contributed by atoms with E-state index >= 15 is 0 Å². The minimum Gasteiger partial charge on any atom is -0.213 e. The molecule has 0 heterocycles. The summed E-state index contributed by atoms with van der Waals surface area (Å²) in [6.07, 6.45) is 0. The van der Waals surface area contributed by atoms with Crippen LogP contribution in [0.25, 0.3) is 0 Å². The van der Waals surface area contributed by atoms with Gasteiger partial charge in [0.1, 0.15) is 0 Å². The van der Waals surface area contributed by atoms with Crippen LogP contribution in [0.3, 0.4) is 0 Å². The van der Waals surface area contributed by atoms with Gasteiger partial charge in [0.2, 0.25) is 10.0 Å². The molecule has 0 fully saturated rings. The van der Waals surface area contributed by atoms with E-state index in [-0.39, 0.29) is 6.54 Å². The molecule has 5 nitrogen and oxygen atoms in total. The molecule has 0 rings (SSSR count). The maximum atomic E-state index is 11.0. The summed E-state index contributed by atoms with van der Waals surface area (Å²) < 4.78 is 24.1. The summed E-state index contributed by atoms with van der Waals surface area (Å²) in [7, 11) is -3.54. The van der Waals surface area contributed by atoms with Crippen LogP contribution in [0.1, 0.15) is 13.8 Å². The molecule has 0 saturated carbocycles. The molecule has 0 bridgehead atoms. The fraction of sp³-hybridized carbons (Fsp3) is 0.714. The Morgan fingerprint density at radius 1 is 1.38 bits per heavy atom. The van der Waals surface area contributed by atoms with E-state index in [2.05, 4.69) is 4.72 Å². The molecule has 0 atom stereocenters. The molecule has 13 heavy (non-hydrogen) atoms. The average molecular weight is 201 g/mol. The first kappa shape index (κ1) is 11.9. The zero-order chi connectivity index (χ0) is 10.5. The van der Waals surface area contributed by atoms with E-state index in [9.17, 15) is 8.42 Å². The van der Waals surface area contributed by atoms with Crippen LogP contribution >= 0.6 is 0 Å². The van der Waals surface area contributed by atoms with E-state index in [1.165, 1.54) is 6.07 Å². The van der Waals surface area contributed by atoms with Crippen molar-refractivity contribution >= 4 is 10.0 Å². The summed E-state index contributed by atoms with van der Waals surface area (Å²) in [6, 6.07) is 3.48. The average Bonchev–Trinajstić information content (AvgIpc) is 2.02. The molecule has 1 N–H and O–H groups in total. The summed E-state index contributed by atoms with van der Waals surface area (Å²) in [5.74, 6) is -0.575. The number of sulfonamides is 1. The van der Waals surface area contributed by atoms with Gasteiger partial charge in [-0.05, 0) is 13.8 Å². The first-order valence-corrected chi connectivity index (χ1v) is 5.24. The van der Waals surface area contributed by atoms with E-state index in [0.717, 1.165) is 0 Å². The van der Waals surface area contributed by atoms with E-state index in [0.29, 0.717) is 0 Å². The molecule has 6 heteroatoms. The summed E-state index contributed by atoms with van der Waals surface area (Å²) in [5.41, 5.74) is -0.747. The Hall–Kier alpha value is -1.11. The van der Waals surface area contributed by atoms with E-state index in [1.807, 2.05) is 6.07 Å². The molecule has 0 aliphatic heterocycles. The Labute approximate surface area is 78.0 Å². The minimum absolute atomic E-state index is 0.0213. The molecule has 0 unspecified atom stereocenters. The molecule has 0 amide bonds. The molecular weight excluding hydrogens is 190 g/mol. The van der Waals surface area contributed by atoms with Gasteiger partial charge in [0.15, 0.2) is 5.75 Å². The molecule has 0 aromatic rings. The highest BCUT2D eigenvalue weighted by Gasteiger charge is 2.20. The number of hydrogen-bond acceptors (Lipinski definition) is 4. The third-order valence-electron chi connectivity index (χ3n) is 1.29. The lowest BCUT2D eigenvalue weighted by Gasteiger charge is -2.14. The predicted octanol–water partition coefficient (Wildman–Crippen LogP) is -0.0208. The number of nitrogens with zero attached hydrogens (tertiary/aromatic N) is 2. The van der Waals surface area contributed by atoms with Gasteiger partial charge in [0.25, 0.3) is 0 Å². The third kappa shape index (κ3) is 5.18. The van der Waals surface area contributed by atoms with Crippen LogP contribution in [-0.4, -0.2) is 20.7 Å². The second kappa shape index (κ2) is 4.22. The number of hydrogen-bond donors (Lipinski definition) is 1. The minimum atomic E-state index is -3.54. The second-order valence-corrected chi connectivity index (χ2v) is 5.04. The number of rotatable bonds is 4. The van der Waals surface area contributed by atoms with Crippen molar-refractivity contribution in [2.45, 2.75) is 13.8 Å². The highest BCUT2D eigenvalue weighted by Crippen LogP contribution is 2.10. The zero-order valence-corrected chi connectivity index (χ0v) is 8.35. The van der Waals surface area contributed by atoms with Gasteiger partial charge < -0.3 is 0 Å². The van der Waals surface area contributed by atoms with Crippen molar-refractivity contribution in [3.63, 3.8) is 0 Å². The molecule has 0 aliphatic carbocycles. The van der Waals surface area contributed by atoms with E-state index in [4.69, 9.17) is 10.5 Å². The van der Waals surface area contributed by atoms with Crippen LogP contribution in [0, 0.1) is 28.1 Å². The lowest BCUT2D eigenvalue weighted by Crippen LogP contribution is -2.34. The normalized spacial score (nSPS) is 11.7. The molecule has 72 valence electrons. The maximum absolute atomic E-state index is 11.0. The third-order valence-corrected chi connectivity index (χ3v) is 2.38. The van der Waals surface area contributed by atoms with Crippen molar-refractivity contribution in [2.75, 3.05) is 12.3 Å². The van der Waals surface area contributed by atoms with Crippen molar-refractivity contribution in [3.8, 4) is 12.1 Å². The van der Waals surface area contributed by atoms with Crippen LogP contribution in [0.5, 0.6) is 0 Å². The quantitative estimate of drug-likeness (QED) is 0.691. The van der Waals surface area contributed by atoms with Gasteiger partial charge in [0.05, 0.1) is 17.6 Å². The molecule has 0 spiro atoms. The molecule has 0 aromatic heterocycles. The van der Waals surface area contributed by atoms with E-state index < -0.39 is 21.2 Å². The van der Waals surface area contributed by atoms with Crippen LogP contribution in [0.4, 0.5) is 0 Å². The van der Waals surface area contributed by atoms with Gasteiger partial charge in [-0.3, -0.25) is 0 Å². The highest BCUT2D eigenvalue weighted by atomic mass is 32.2. The van der Waals surface area contributed by atoms with Crippen molar-refractivity contribution in [1.82, 2.24) is 4.72 Å². The van der Waals surface area contributed by atoms with E-state index in [1.54, 1.807) is 13.8 Å². The molecular formula is C7H11N3O2S. The first-order chi connectivity index (χ1) is 5.83. The fourth-order valence-corrected chi connectivity index (χ4v) is 1.32. The van der Waals surface area contributed by atoms with Gasteiger partial charge in [-0.1, -0.05) is 0 Å². The van der Waals surface area contributed by atoms with Crippen molar-refractivity contribution < 1.29 is 8.42 Å². The predicted molar refractivity (Wildman–Crippen MR) is 46.8 cm³/mol. The lowest BCUT2D eigenvalue weighted by atomic mass is 9.97. The van der Waals surface area contributed by atoms with Crippen molar-refractivity contribution in [1.29, 1.82) is 10.5 Å². The smallest absolute Gasteiger partial charge is 0.213 e. The van der Waals surface area contributed by atoms with Crippen LogP contribution < -0.4 is 4.72 Å². The number of nitriles is 2. The van der Waals surface area contributed by atoms with Crippen LogP contribution in [0.15, 0.2) is 0 Å². The highest BCUT2D eigenvalue weighted by molar-refractivity contribution is 7.89. The Morgan fingerprint density at radius 3 is 2.31 bits per heavy atom. The lowest BCUT2D eigenvalue weighted by molar-refractivity contribution is 0.479. The number of nitrogens with one attached hydrogen (secondary N) is 1. The van der Waals surface area contributed by atoms with Gasteiger partial charge >= 0.3 is 0 Å². The molecule has 0 radical (unpaired) electrons. The molecule has 0 saturated heterocycles. The topological polar surface area (TPSA) is 93.8 Å². The van der Waals surface area contributed by atoms with Crippen LogP contribution in [0.2, 0.25) is 0 Å². The Bertz CT molecular complexity index is 345. The van der Waals surface area contributed by atoms with Gasteiger partial charge in [-0.2, -0.15) is 10.5 Å². The summed E-state index contributed by atoms with van der Waals surface area (Å²) in [6.45, 7) is 3.25. The van der Waals surface area contributed by atoms with Gasteiger partial charge in [-0.15, -0.1) is 0 Å². The standard InChI is InChI=1S/C7H11N3O2S/c1-7(2,5-9)6-10-13(11,12)4-3-8/h10H,4,6H2,1-2H3. The van der Waals surface area contributed by atoms with Gasteiger partial charge in [-0.25, -0.2) is 13.1 Å². The monoisotopic (exact) mass is 201 g/mol. The summed E-state index contributed by atoms with van der Waals surface area (Å²) in [5, 5.41) is 16.7. The first-order valence-electron chi connectivity index (χ1n) is 3.58. The SMILES string of the molecule is CC(C)(C#N)CNS(=O)(=O)CC#N. The van der Waals surface area contributed by atoms with Crippen LogP contribution in [-0.2, 0) is 10.0 Å². The fourth-order valence-electron chi connectivity index (χ4n) is 0.466. The van der Waals surface area contributed by atoms with Gasteiger partial charge in [0, 0.05) is 6.54 Å². The Balaban J connectivity index is 4.22. The molecule has 0 aromatic carbocycles. The second-order valence-electron chi connectivity index (χ2n) is 3.23.